The van der Waals surface area contributed by atoms with Crippen molar-refractivity contribution in [1.29, 1.82) is 0 Å². The van der Waals surface area contributed by atoms with E-state index in [1.165, 1.54) is 38.1 Å². The van der Waals surface area contributed by atoms with E-state index < -0.39 is 0 Å². The number of allylic oxidation sites excluding steroid dienone is 2. The van der Waals surface area contributed by atoms with Gasteiger partial charge in [-0.05, 0) is 96.2 Å². The van der Waals surface area contributed by atoms with E-state index in [0.29, 0.717) is 13.2 Å². The van der Waals surface area contributed by atoms with Crippen LogP contribution in [0.4, 0.5) is 0 Å². The largest absolute Gasteiger partial charge is 0.493 e. The van der Waals surface area contributed by atoms with Gasteiger partial charge in [0.15, 0.2) is 0 Å². The molecule has 0 aromatic heterocycles. The molecule has 0 atom stereocenters. The third kappa shape index (κ3) is 7.72. The molecule has 0 radical (unpaired) electrons. The minimum Gasteiger partial charge on any atom is -0.493 e. The van der Waals surface area contributed by atoms with Gasteiger partial charge in [0.05, 0.1) is 0 Å². The van der Waals surface area contributed by atoms with Crippen molar-refractivity contribution < 1.29 is 27.5 Å². The van der Waals surface area contributed by atoms with Gasteiger partial charge in [0.25, 0.3) is 0 Å². The van der Waals surface area contributed by atoms with Crippen molar-refractivity contribution in [2.75, 3.05) is 13.2 Å². The topological polar surface area (TPSA) is 43.8 Å². The summed E-state index contributed by atoms with van der Waals surface area (Å²) in [5.74, 6) is 0. The maximum atomic E-state index is 11.2. The molecule has 2 aromatic carbocycles. The van der Waals surface area contributed by atoms with Crippen LogP contribution in [-0.4, -0.2) is 17.9 Å². The molecule has 0 saturated carbocycles. The van der Waals surface area contributed by atoms with Crippen LogP contribution in [0.3, 0.4) is 0 Å². The van der Waals surface area contributed by atoms with E-state index in [2.05, 4.69) is 78.0 Å². The van der Waals surface area contributed by atoms with Gasteiger partial charge < -0.3 is 5.53 Å². The van der Waals surface area contributed by atoms with Gasteiger partial charge in [0.1, 0.15) is 0 Å². The van der Waals surface area contributed by atoms with Crippen molar-refractivity contribution in [1.82, 2.24) is 0 Å². The van der Waals surface area contributed by atoms with Gasteiger partial charge in [-0.25, -0.2) is 4.70 Å². The van der Waals surface area contributed by atoms with Crippen molar-refractivity contribution in [3.05, 3.63) is 86.5 Å². The van der Waals surface area contributed by atoms with Crippen LogP contribution < -0.4 is 0 Å². The van der Waals surface area contributed by atoms with Crippen LogP contribution in [0.1, 0.15) is 99.9 Å². The minimum atomic E-state index is 0.708. The molecule has 0 unspecified atom stereocenters. The Hall–Kier alpha value is -2.07. The van der Waals surface area contributed by atoms with Crippen LogP contribution in [0, 0.1) is 0 Å². The normalized spacial score (nSPS) is 12.9. The molecule has 1 aliphatic rings. The molecule has 0 amide bonds. The molecular weight excluding hydrogens is 503 g/mol. The van der Waals surface area contributed by atoms with Gasteiger partial charge in [0.2, 0.25) is 11.4 Å². The molecule has 0 N–H and O–H groups in total. The van der Waals surface area contributed by atoms with E-state index in [1.54, 1.807) is 0 Å². The molecule has 3 rings (SSSR count). The minimum absolute atomic E-state index is 0.708. The van der Waals surface area contributed by atoms with Gasteiger partial charge in [0, 0.05) is 23.3 Å². The second kappa shape index (κ2) is 16.0. The Morgan fingerprint density at radius 1 is 0.568 bits per heavy atom. The fraction of sp³-hybridized carbons (Fsp3) is 0.500. The summed E-state index contributed by atoms with van der Waals surface area (Å²) in [6, 6.07) is 9.05. The predicted octanol–water partition coefficient (Wildman–Crippen LogP) is 8.46. The van der Waals surface area contributed by atoms with Crippen LogP contribution in [0.2, 0.25) is 0 Å². The van der Waals surface area contributed by atoms with Gasteiger partial charge in [-0.3, -0.25) is 0 Å². The standard InChI is InChI=1S/C28H36N2.2C2H5O.Ni/c1-7-19-15-23(16-20(8-2)25(19)11-5)27-13-14-28(30(27)29)24-17-21(9-3)26(12-6)22(10-4)18-24;2*1-2-3;/h13-18H,7-12H2,1-6H3;2*2H2,1H3;/q;2*-1;+2. The molecule has 37 heavy (non-hydrogen) atoms. The van der Waals surface area contributed by atoms with Gasteiger partial charge in [-0.15, -0.1) is 0 Å². The zero-order valence-corrected chi connectivity index (χ0v) is 25.1. The molecule has 0 spiro atoms. The average molecular weight is 549 g/mol. The molecule has 0 fully saturated rings. The summed E-state index contributed by atoms with van der Waals surface area (Å²) in [7, 11) is 0. The number of benzene rings is 2. The third-order valence-corrected chi connectivity index (χ3v) is 7.61. The van der Waals surface area contributed by atoms with E-state index in [0.717, 1.165) is 76.1 Å². The van der Waals surface area contributed by atoms with Crippen LogP contribution in [0.15, 0.2) is 36.4 Å². The maximum Gasteiger partial charge on any atom is 0.207 e. The fourth-order valence-electron chi connectivity index (χ4n) is 5.03. The smallest absolute Gasteiger partial charge is 0.207 e. The molecule has 2 aromatic rings. The van der Waals surface area contributed by atoms with Gasteiger partial charge in [-0.1, -0.05) is 41.5 Å². The summed E-state index contributed by atoms with van der Waals surface area (Å²) < 4.78 is 11.0. The summed E-state index contributed by atoms with van der Waals surface area (Å²) in [6.45, 7) is 18.6. The second-order valence-corrected chi connectivity index (χ2v) is 9.63. The number of nitrogens with zero attached hydrogens (tertiary/aromatic N) is 2. The summed E-state index contributed by atoms with van der Waals surface area (Å²) in [6.07, 6.45) is 10.3. The molecule has 5 heteroatoms. The van der Waals surface area contributed by atoms with E-state index in [-0.39, 0.29) is 0 Å². The van der Waals surface area contributed by atoms with E-state index in [9.17, 15) is 5.53 Å². The predicted molar refractivity (Wildman–Crippen MR) is 152 cm³/mol. The Morgan fingerprint density at radius 2 is 0.892 bits per heavy atom. The Bertz CT molecular complexity index is 982. The fourth-order valence-corrected chi connectivity index (χ4v) is 5.34. The quantitative estimate of drug-likeness (QED) is 0.151. The van der Waals surface area contributed by atoms with E-state index in [4.69, 9.17) is 7.76 Å². The van der Waals surface area contributed by atoms with E-state index >= 15 is 0 Å². The summed E-state index contributed by atoms with van der Waals surface area (Å²) >= 11 is 0.899. The van der Waals surface area contributed by atoms with Crippen LogP contribution in [0.25, 0.3) is 16.9 Å². The molecule has 0 bridgehead atoms. The first-order chi connectivity index (χ1) is 17.9. The number of aryl methyl sites for hydroxylation is 4. The van der Waals surface area contributed by atoms with Gasteiger partial charge in [-0.2, -0.15) is 0 Å². The van der Waals surface area contributed by atoms with Crippen molar-refractivity contribution in [3.63, 3.8) is 0 Å². The van der Waals surface area contributed by atoms with Crippen LogP contribution >= 0.6 is 0 Å². The van der Waals surface area contributed by atoms with Crippen molar-refractivity contribution in [3.8, 4) is 0 Å². The van der Waals surface area contributed by atoms with Crippen molar-refractivity contribution in [2.24, 2.45) is 0 Å². The van der Waals surface area contributed by atoms with Crippen molar-refractivity contribution >= 4 is 11.4 Å². The maximum absolute atomic E-state index is 11.2. The zero-order chi connectivity index (χ0) is 27.4. The van der Waals surface area contributed by atoms with Crippen LogP contribution in [0.5, 0.6) is 0 Å². The number of hydrogen-bond acceptors (Lipinski definition) is 2. The Labute approximate surface area is 232 Å². The summed E-state index contributed by atoms with van der Waals surface area (Å²) in [4.78, 5) is 0. The molecule has 206 valence electrons. The summed E-state index contributed by atoms with van der Waals surface area (Å²) in [5.41, 5.74) is 23.6. The first-order valence-electron chi connectivity index (χ1n) is 14.0. The van der Waals surface area contributed by atoms with Gasteiger partial charge >= 0.3 is 49.9 Å². The Balaban J connectivity index is 0.000000604. The molecule has 0 aliphatic carbocycles. The molecular formula is C32H46N2NiO2. The molecule has 1 heterocycles. The SMILES string of the molecule is CC[O][Ni][O]CC.CCc1cc(C2=CC=C(c3cc(CC)c(CC)c(CC)c3)[N+]2=[N-])cc(CC)c1CC. The Morgan fingerprint density at radius 3 is 1.14 bits per heavy atom. The van der Waals surface area contributed by atoms with E-state index in [1.807, 2.05) is 13.8 Å². The monoisotopic (exact) mass is 548 g/mol. The molecule has 1 aliphatic heterocycles. The zero-order valence-electron chi connectivity index (χ0n) is 24.1. The number of hydrogen-bond donors (Lipinski definition) is 0. The molecule has 0 saturated heterocycles. The van der Waals surface area contributed by atoms with Crippen molar-refractivity contribution in [2.45, 2.75) is 93.9 Å². The first kappa shape index (κ1) is 31.2. The summed E-state index contributed by atoms with van der Waals surface area (Å²) in [5, 5.41) is 0. The Kier molecular flexibility index (Phi) is 13.5. The number of rotatable bonds is 12. The average Bonchev–Trinajstić information content (AvgIpc) is 3.32. The first-order valence-corrected chi connectivity index (χ1v) is 14.8. The molecule has 4 nitrogen and oxygen atoms in total. The second-order valence-electron chi connectivity index (χ2n) is 8.90. The third-order valence-electron chi connectivity index (χ3n) is 6.80. The van der Waals surface area contributed by atoms with Crippen LogP contribution in [-0.2, 0) is 61.4 Å².